The smallest absolute Gasteiger partial charge is 0.165 e. The van der Waals surface area contributed by atoms with Crippen LogP contribution in [0.3, 0.4) is 0 Å². The molecule has 0 amide bonds. The van der Waals surface area contributed by atoms with Crippen molar-refractivity contribution in [2.45, 2.75) is 39.8 Å². The van der Waals surface area contributed by atoms with Crippen molar-refractivity contribution in [2.75, 3.05) is 13.1 Å². The van der Waals surface area contributed by atoms with E-state index in [0.717, 1.165) is 60.1 Å². The van der Waals surface area contributed by atoms with Crippen molar-refractivity contribution in [1.29, 1.82) is 0 Å². The second-order valence-electron chi connectivity index (χ2n) is 7.23. The molecule has 7 heteroatoms. The molecular formula is C23H26ClN5O. The maximum Gasteiger partial charge on any atom is 0.165 e. The first-order chi connectivity index (χ1) is 14.7. The number of benzene rings is 2. The van der Waals surface area contributed by atoms with Gasteiger partial charge in [-0.05, 0) is 25.0 Å². The Morgan fingerprint density at radius 3 is 2.40 bits per heavy atom. The highest BCUT2D eigenvalue weighted by molar-refractivity contribution is 6.35. The van der Waals surface area contributed by atoms with Gasteiger partial charge in [-0.1, -0.05) is 61.8 Å². The third-order valence-corrected chi connectivity index (χ3v) is 5.36. The van der Waals surface area contributed by atoms with E-state index in [1.165, 1.54) is 0 Å². The molecule has 156 valence electrons. The molecule has 2 aromatic carbocycles. The molecule has 6 nitrogen and oxygen atoms in total. The number of rotatable bonds is 8. The number of fused-ring (bicyclic) bond motifs is 3. The van der Waals surface area contributed by atoms with Gasteiger partial charge < -0.3 is 0 Å². The lowest BCUT2D eigenvalue weighted by molar-refractivity contribution is -0.171. The third-order valence-electron chi connectivity index (χ3n) is 5.03. The summed E-state index contributed by atoms with van der Waals surface area (Å²) in [6.45, 7) is 6.88. The molecule has 0 radical (unpaired) electrons. The zero-order chi connectivity index (χ0) is 20.9. The van der Waals surface area contributed by atoms with Gasteiger partial charge in [-0.25, -0.2) is 0 Å². The molecule has 1 aromatic heterocycles. The van der Waals surface area contributed by atoms with Crippen LogP contribution in [0.25, 0.3) is 5.69 Å². The molecule has 0 bridgehead atoms. The van der Waals surface area contributed by atoms with Crippen LogP contribution in [0.5, 0.6) is 0 Å². The standard InChI is InChI=1S/C23H26ClN5O/c1-3-13-28(14-4-2)30-16-22-27-26-21-15-25-23(17-9-5-7-11-19(17)24)18-10-6-8-12-20(18)29(21)22/h5-12H,3-4,13-16H2,1-2H3. The van der Waals surface area contributed by atoms with Gasteiger partial charge in [0.1, 0.15) is 13.2 Å². The minimum absolute atomic E-state index is 0.364. The molecule has 3 aromatic rings. The summed E-state index contributed by atoms with van der Waals surface area (Å²) in [5.41, 5.74) is 3.78. The van der Waals surface area contributed by atoms with Gasteiger partial charge in [-0.15, -0.1) is 10.2 Å². The monoisotopic (exact) mass is 423 g/mol. The summed E-state index contributed by atoms with van der Waals surface area (Å²) in [4.78, 5) is 10.9. The molecule has 4 rings (SSSR count). The van der Waals surface area contributed by atoms with Crippen LogP contribution in [-0.4, -0.2) is 38.6 Å². The minimum Gasteiger partial charge on any atom is -0.291 e. The molecule has 0 fully saturated rings. The summed E-state index contributed by atoms with van der Waals surface area (Å²) >= 11 is 6.50. The highest BCUT2D eigenvalue weighted by Gasteiger charge is 2.23. The van der Waals surface area contributed by atoms with E-state index in [9.17, 15) is 0 Å². The highest BCUT2D eigenvalue weighted by Crippen LogP contribution is 2.28. The van der Waals surface area contributed by atoms with Gasteiger partial charge in [0.2, 0.25) is 0 Å². The van der Waals surface area contributed by atoms with Gasteiger partial charge in [-0.2, -0.15) is 5.06 Å². The molecular weight excluding hydrogens is 398 g/mol. The van der Waals surface area contributed by atoms with Gasteiger partial charge in [0.15, 0.2) is 11.6 Å². The van der Waals surface area contributed by atoms with Crippen molar-refractivity contribution in [3.8, 4) is 5.69 Å². The van der Waals surface area contributed by atoms with Gasteiger partial charge >= 0.3 is 0 Å². The van der Waals surface area contributed by atoms with Crippen LogP contribution in [0, 0.1) is 0 Å². The van der Waals surface area contributed by atoms with Gasteiger partial charge in [0.05, 0.1) is 11.4 Å². The molecule has 0 unspecified atom stereocenters. The average Bonchev–Trinajstić information content (AvgIpc) is 3.09. The predicted molar refractivity (Wildman–Crippen MR) is 119 cm³/mol. The first-order valence-corrected chi connectivity index (χ1v) is 10.8. The Hall–Kier alpha value is -2.54. The number of nitrogens with zero attached hydrogens (tertiary/aromatic N) is 5. The van der Waals surface area contributed by atoms with Crippen LogP contribution >= 0.6 is 11.6 Å². The summed E-state index contributed by atoms with van der Waals surface area (Å²) in [5.74, 6) is 1.56. The van der Waals surface area contributed by atoms with Crippen molar-refractivity contribution in [3.63, 3.8) is 0 Å². The lowest BCUT2D eigenvalue weighted by Crippen LogP contribution is -2.26. The Morgan fingerprint density at radius 2 is 1.67 bits per heavy atom. The Bertz CT molecular complexity index is 1040. The number of hydrogen-bond acceptors (Lipinski definition) is 5. The van der Waals surface area contributed by atoms with Gasteiger partial charge in [-0.3, -0.25) is 14.4 Å². The fourth-order valence-corrected chi connectivity index (χ4v) is 3.93. The van der Waals surface area contributed by atoms with E-state index in [1.807, 2.05) is 41.5 Å². The molecule has 1 aliphatic rings. The molecule has 0 spiro atoms. The lowest BCUT2D eigenvalue weighted by Gasteiger charge is -2.20. The highest BCUT2D eigenvalue weighted by atomic mass is 35.5. The number of aliphatic imine (C=N–C) groups is 1. The molecule has 2 heterocycles. The Kier molecular flexibility index (Phi) is 6.57. The summed E-state index contributed by atoms with van der Waals surface area (Å²) in [5, 5.41) is 11.5. The van der Waals surface area contributed by atoms with E-state index in [1.54, 1.807) is 0 Å². The quantitative estimate of drug-likeness (QED) is 0.487. The Labute approximate surface area is 182 Å². The van der Waals surface area contributed by atoms with E-state index < -0.39 is 0 Å². The fraction of sp³-hybridized carbons (Fsp3) is 0.348. The van der Waals surface area contributed by atoms with Crippen molar-refractivity contribution in [2.24, 2.45) is 4.99 Å². The fourth-order valence-electron chi connectivity index (χ4n) is 3.70. The number of aromatic nitrogens is 3. The average molecular weight is 424 g/mol. The summed E-state index contributed by atoms with van der Waals surface area (Å²) < 4.78 is 2.07. The van der Waals surface area contributed by atoms with Crippen LogP contribution in [0.2, 0.25) is 5.02 Å². The molecule has 0 atom stereocenters. The molecule has 30 heavy (non-hydrogen) atoms. The molecule has 0 aliphatic carbocycles. The zero-order valence-electron chi connectivity index (χ0n) is 17.4. The Balaban J connectivity index is 1.71. The second kappa shape index (κ2) is 9.51. The van der Waals surface area contributed by atoms with Crippen LogP contribution in [0.15, 0.2) is 53.5 Å². The molecule has 0 N–H and O–H groups in total. The predicted octanol–water partition coefficient (Wildman–Crippen LogP) is 4.83. The van der Waals surface area contributed by atoms with Crippen molar-refractivity contribution in [3.05, 3.63) is 76.3 Å². The zero-order valence-corrected chi connectivity index (χ0v) is 18.1. The summed E-state index contributed by atoms with van der Waals surface area (Å²) in [6.07, 6.45) is 2.08. The van der Waals surface area contributed by atoms with Crippen molar-refractivity contribution < 1.29 is 4.84 Å². The number of halogens is 1. The minimum atomic E-state index is 0.364. The van der Waals surface area contributed by atoms with Gasteiger partial charge in [0.25, 0.3) is 0 Å². The van der Waals surface area contributed by atoms with E-state index in [4.69, 9.17) is 21.4 Å². The van der Waals surface area contributed by atoms with Crippen molar-refractivity contribution in [1.82, 2.24) is 19.8 Å². The van der Waals surface area contributed by atoms with E-state index in [0.29, 0.717) is 18.2 Å². The third kappa shape index (κ3) is 4.17. The molecule has 0 saturated heterocycles. The first kappa shape index (κ1) is 20.7. The topological polar surface area (TPSA) is 55.5 Å². The molecule has 0 saturated carbocycles. The largest absolute Gasteiger partial charge is 0.291 e. The van der Waals surface area contributed by atoms with E-state index >= 15 is 0 Å². The lowest BCUT2D eigenvalue weighted by atomic mass is 10.0. The first-order valence-electron chi connectivity index (χ1n) is 10.4. The maximum absolute atomic E-state index is 6.50. The summed E-state index contributed by atoms with van der Waals surface area (Å²) in [7, 11) is 0. The van der Waals surface area contributed by atoms with Crippen LogP contribution in [0.4, 0.5) is 0 Å². The maximum atomic E-state index is 6.50. The van der Waals surface area contributed by atoms with Crippen LogP contribution in [-0.2, 0) is 18.0 Å². The van der Waals surface area contributed by atoms with E-state index in [-0.39, 0.29) is 0 Å². The Morgan fingerprint density at radius 1 is 0.967 bits per heavy atom. The van der Waals surface area contributed by atoms with Gasteiger partial charge in [0, 0.05) is 29.2 Å². The molecule has 1 aliphatic heterocycles. The van der Waals surface area contributed by atoms with Crippen LogP contribution in [0.1, 0.15) is 49.5 Å². The second-order valence-corrected chi connectivity index (χ2v) is 7.64. The number of para-hydroxylation sites is 1. The summed E-state index contributed by atoms with van der Waals surface area (Å²) in [6, 6.07) is 16.0. The van der Waals surface area contributed by atoms with E-state index in [2.05, 4.69) is 40.7 Å². The van der Waals surface area contributed by atoms with Crippen LogP contribution < -0.4 is 0 Å². The van der Waals surface area contributed by atoms with Crippen molar-refractivity contribution >= 4 is 17.3 Å². The normalized spacial score (nSPS) is 13.0. The SMILES string of the molecule is CCCN(CCC)OCc1nnc2n1-c1ccccc1C(c1ccccc1Cl)=NC2. The number of hydroxylamine groups is 2. The number of hydrogen-bond donors (Lipinski definition) is 0.